The molecule has 21 heavy (non-hydrogen) atoms. The van der Waals surface area contributed by atoms with Crippen molar-refractivity contribution in [3.05, 3.63) is 17.8 Å². The third-order valence-corrected chi connectivity index (χ3v) is 3.91. The maximum Gasteiger partial charge on any atom is 0.358 e. The van der Waals surface area contributed by atoms with Gasteiger partial charge in [0.05, 0.1) is 12.5 Å². The van der Waals surface area contributed by atoms with Gasteiger partial charge < -0.3 is 14.7 Å². The maximum atomic E-state index is 11.5. The highest BCUT2D eigenvalue weighted by Crippen LogP contribution is 2.37. The molecule has 1 unspecified atom stereocenters. The molecule has 2 heterocycles. The molecule has 1 fully saturated rings. The molecule has 1 aromatic heterocycles. The van der Waals surface area contributed by atoms with Crippen LogP contribution in [0.15, 0.2) is 12.1 Å². The van der Waals surface area contributed by atoms with Gasteiger partial charge in [-0.25, -0.2) is 4.79 Å². The Balaban J connectivity index is 2.13. The van der Waals surface area contributed by atoms with Gasteiger partial charge >= 0.3 is 11.9 Å². The normalized spacial score (nSPS) is 21.3. The number of nitrogens with zero attached hydrogens (tertiary/aromatic N) is 3. The summed E-state index contributed by atoms with van der Waals surface area (Å²) < 4.78 is 4.57. The Morgan fingerprint density at radius 3 is 2.71 bits per heavy atom. The zero-order valence-corrected chi connectivity index (χ0v) is 12.2. The maximum absolute atomic E-state index is 11.5. The number of carboxylic acids is 1. The molecule has 2 rings (SSSR count). The monoisotopic (exact) mass is 293 g/mol. The third kappa shape index (κ3) is 2.96. The number of carboxylic acid groups (broad SMARTS) is 1. The minimum absolute atomic E-state index is 0.138. The first-order chi connectivity index (χ1) is 10.0. The first-order valence-corrected chi connectivity index (χ1v) is 6.93. The van der Waals surface area contributed by atoms with E-state index in [2.05, 4.69) is 14.9 Å². The minimum Gasteiger partial charge on any atom is -0.481 e. The van der Waals surface area contributed by atoms with Gasteiger partial charge in [-0.2, -0.15) is 0 Å². The van der Waals surface area contributed by atoms with Crippen LogP contribution in [0.25, 0.3) is 0 Å². The topological polar surface area (TPSA) is 92.6 Å². The lowest BCUT2D eigenvalue weighted by molar-refractivity contribution is -0.148. The highest BCUT2D eigenvalue weighted by Gasteiger charge is 2.44. The van der Waals surface area contributed by atoms with Gasteiger partial charge in [-0.05, 0) is 25.0 Å². The number of hydrogen-bond donors (Lipinski definition) is 1. The highest BCUT2D eigenvalue weighted by atomic mass is 16.5. The molecule has 0 spiro atoms. The average molecular weight is 293 g/mol. The summed E-state index contributed by atoms with van der Waals surface area (Å²) in [4.78, 5) is 24.8. The van der Waals surface area contributed by atoms with E-state index in [1.807, 2.05) is 11.8 Å². The van der Waals surface area contributed by atoms with Crippen LogP contribution in [0.3, 0.4) is 0 Å². The van der Waals surface area contributed by atoms with Crippen molar-refractivity contribution in [1.29, 1.82) is 0 Å². The standard InChI is InChI=1S/C14H19N3O4/c1-3-6-14(13(19)20)7-8-17(9-14)11-5-4-10(15-16-11)12(18)21-2/h4-5H,3,6-9H2,1-2H3,(H,19,20). The summed E-state index contributed by atoms with van der Waals surface area (Å²) in [6.07, 6.45) is 2.07. The molecule has 114 valence electrons. The summed E-state index contributed by atoms with van der Waals surface area (Å²) in [5.74, 6) is -0.714. The van der Waals surface area contributed by atoms with E-state index in [4.69, 9.17) is 0 Å². The van der Waals surface area contributed by atoms with Crippen molar-refractivity contribution in [2.75, 3.05) is 25.1 Å². The number of hydrogen-bond acceptors (Lipinski definition) is 6. The van der Waals surface area contributed by atoms with Crippen LogP contribution >= 0.6 is 0 Å². The summed E-state index contributed by atoms with van der Waals surface area (Å²) >= 11 is 0. The van der Waals surface area contributed by atoms with Gasteiger partial charge in [0.15, 0.2) is 11.5 Å². The Morgan fingerprint density at radius 2 is 2.19 bits per heavy atom. The Hall–Kier alpha value is -2.18. The van der Waals surface area contributed by atoms with Crippen molar-refractivity contribution in [3.63, 3.8) is 0 Å². The quantitative estimate of drug-likeness (QED) is 0.819. The first-order valence-electron chi connectivity index (χ1n) is 6.93. The highest BCUT2D eigenvalue weighted by molar-refractivity contribution is 5.87. The molecular formula is C14H19N3O4. The van der Waals surface area contributed by atoms with Crippen molar-refractivity contribution in [3.8, 4) is 0 Å². The molecule has 7 nitrogen and oxygen atoms in total. The largest absolute Gasteiger partial charge is 0.481 e. The van der Waals surface area contributed by atoms with Crippen LogP contribution in [-0.2, 0) is 9.53 Å². The fraction of sp³-hybridized carbons (Fsp3) is 0.571. The van der Waals surface area contributed by atoms with E-state index in [1.54, 1.807) is 6.07 Å². The van der Waals surface area contributed by atoms with Crippen molar-refractivity contribution in [2.24, 2.45) is 5.41 Å². The van der Waals surface area contributed by atoms with E-state index < -0.39 is 17.4 Å². The molecule has 0 saturated carbocycles. The predicted octanol–water partition coefficient (Wildman–Crippen LogP) is 1.34. The van der Waals surface area contributed by atoms with Crippen LogP contribution in [0.5, 0.6) is 0 Å². The predicted molar refractivity (Wildman–Crippen MR) is 75.2 cm³/mol. The van der Waals surface area contributed by atoms with Crippen LogP contribution in [0.4, 0.5) is 5.82 Å². The smallest absolute Gasteiger partial charge is 0.358 e. The molecule has 0 amide bonds. The van der Waals surface area contributed by atoms with Crippen molar-refractivity contribution in [1.82, 2.24) is 10.2 Å². The molecular weight excluding hydrogens is 274 g/mol. The van der Waals surface area contributed by atoms with Crippen LogP contribution < -0.4 is 4.90 Å². The third-order valence-electron chi connectivity index (χ3n) is 3.91. The second-order valence-corrected chi connectivity index (χ2v) is 5.28. The van der Waals surface area contributed by atoms with Gasteiger partial charge in [-0.3, -0.25) is 4.79 Å². The lowest BCUT2D eigenvalue weighted by Gasteiger charge is -2.24. The fourth-order valence-corrected chi connectivity index (χ4v) is 2.74. The van der Waals surface area contributed by atoms with E-state index in [-0.39, 0.29) is 5.69 Å². The van der Waals surface area contributed by atoms with Crippen molar-refractivity contribution < 1.29 is 19.4 Å². The van der Waals surface area contributed by atoms with Gasteiger partial charge in [0.1, 0.15) is 0 Å². The summed E-state index contributed by atoms with van der Waals surface area (Å²) in [6, 6.07) is 3.21. The number of aromatic nitrogens is 2. The van der Waals surface area contributed by atoms with E-state index in [1.165, 1.54) is 13.2 Å². The summed E-state index contributed by atoms with van der Waals surface area (Å²) in [5.41, 5.74) is -0.573. The number of rotatable bonds is 5. The molecule has 1 saturated heterocycles. The zero-order chi connectivity index (χ0) is 15.5. The van der Waals surface area contributed by atoms with Crippen LogP contribution in [0.1, 0.15) is 36.7 Å². The molecule has 1 atom stereocenters. The number of ether oxygens (including phenoxy) is 1. The molecule has 0 aromatic carbocycles. The van der Waals surface area contributed by atoms with Gasteiger partial charge in [-0.15, -0.1) is 10.2 Å². The van der Waals surface area contributed by atoms with Crippen molar-refractivity contribution >= 4 is 17.8 Å². The zero-order valence-electron chi connectivity index (χ0n) is 12.2. The molecule has 1 N–H and O–H groups in total. The number of esters is 1. The number of aliphatic carboxylic acids is 1. The van der Waals surface area contributed by atoms with Crippen LogP contribution in [0.2, 0.25) is 0 Å². The Morgan fingerprint density at radius 1 is 1.43 bits per heavy atom. The Kier molecular flexibility index (Phi) is 4.40. The molecule has 1 aliphatic heterocycles. The van der Waals surface area contributed by atoms with Crippen LogP contribution in [-0.4, -0.2) is 47.4 Å². The minimum atomic E-state index is -0.758. The molecule has 0 bridgehead atoms. The number of methoxy groups -OCH3 is 1. The molecule has 1 aromatic rings. The second kappa shape index (κ2) is 6.07. The van der Waals surface area contributed by atoms with Gasteiger partial charge in [-0.1, -0.05) is 13.3 Å². The van der Waals surface area contributed by atoms with Gasteiger partial charge in [0.25, 0.3) is 0 Å². The summed E-state index contributed by atoms with van der Waals surface area (Å²) in [7, 11) is 1.28. The van der Waals surface area contributed by atoms with Crippen molar-refractivity contribution in [2.45, 2.75) is 26.2 Å². The first kappa shape index (κ1) is 15.2. The number of carbonyl (C=O) groups excluding carboxylic acids is 1. The SMILES string of the molecule is CCCC1(C(=O)O)CCN(c2ccc(C(=O)OC)nn2)C1. The van der Waals surface area contributed by atoms with E-state index in [9.17, 15) is 14.7 Å². The molecule has 0 aliphatic carbocycles. The van der Waals surface area contributed by atoms with Gasteiger partial charge in [0.2, 0.25) is 0 Å². The van der Waals surface area contributed by atoms with E-state index >= 15 is 0 Å². The van der Waals surface area contributed by atoms with E-state index in [0.29, 0.717) is 31.7 Å². The average Bonchev–Trinajstić information content (AvgIpc) is 2.93. The fourth-order valence-electron chi connectivity index (χ4n) is 2.74. The van der Waals surface area contributed by atoms with Gasteiger partial charge in [0, 0.05) is 13.1 Å². The Labute approximate surface area is 122 Å². The summed E-state index contributed by atoms with van der Waals surface area (Å²) in [6.45, 7) is 3.03. The number of carbonyl (C=O) groups is 2. The summed E-state index contributed by atoms with van der Waals surface area (Å²) in [5, 5.41) is 17.3. The molecule has 1 aliphatic rings. The van der Waals surface area contributed by atoms with E-state index in [0.717, 1.165) is 6.42 Å². The van der Waals surface area contributed by atoms with Crippen LogP contribution in [0, 0.1) is 5.41 Å². The lowest BCUT2D eigenvalue weighted by atomic mass is 9.83. The second-order valence-electron chi connectivity index (χ2n) is 5.28. The Bertz CT molecular complexity index is 532. The molecule has 7 heteroatoms. The lowest BCUT2D eigenvalue weighted by Crippen LogP contribution is -2.34. The number of anilines is 1. The molecule has 0 radical (unpaired) electrons.